The Hall–Kier alpha value is -2.16. The van der Waals surface area contributed by atoms with E-state index < -0.39 is 22.7 Å². The van der Waals surface area contributed by atoms with Crippen LogP contribution in [0.1, 0.15) is 28.7 Å². The van der Waals surface area contributed by atoms with Crippen LogP contribution in [0, 0.1) is 0 Å². The van der Waals surface area contributed by atoms with Crippen molar-refractivity contribution in [1.29, 1.82) is 0 Å². The number of halogens is 3. The average molecular weight is 331 g/mol. The van der Waals surface area contributed by atoms with E-state index in [0.29, 0.717) is 23.7 Å². The van der Waals surface area contributed by atoms with Crippen molar-refractivity contribution in [2.75, 3.05) is 11.9 Å². The van der Waals surface area contributed by atoms with Crippen molar-refractivity contribution in [2.24, 2.45) is 0 Å². The van der Waals surface area contributed by atoms with Crippen LogP contribution in [0.4, 0.5) is 19.0 Å². The van der Waals surface area contributed by atoms with Gasteiger partial charge in [0.2, 0.25) is 0 Å². The van der Waals surface area contributed by atoms with Crippen LogP contribution in [-0.2, 0) is 6.18 Å². The number of alkyl halides is 3. The Morgan fingerprint density at radius 2 is 2.18 bits per heavy atom. The number of aromatic nitrogens is 2. The third-order valence-electron chi connectivity index (χ3n) is 2.51. The molecule has 2 heterocycles. The molecule has 118 valence electrons. The predicted octanol–water partition coefficient (Wildman–Crippen LogP) is 3.60. The first-order valence-corrected chi connectivity index (χ1v) is 7.21. The Kier molecular flexibility index (Phi) is 4.96. The van der Waals surface area contributed by atoms with Crippen molar-refractivity contribution in [3.8, 4) is 5.75 Å². The Morgan fingerprint density at radius 1 is 1.41 bits per heavy atom. The van der Waals surface area contributed by atoms with Crippen LogP contribution in [0.25, 0.3) is 0 Å². The summed E-state index contributed by atoms with van der Waals surface area (Å²) in [5, 5.41) is 2.33. The molecular weight excluding hydrogens is 319 g/mol. The van der Waals surface area contributed by atoms with Crippen LogP contribution in [-0.4, -0.2) is 22.5 Å². The van der Waals surface area contributed by atoms with Gasteiger partial charge < -0.3 is 10.1 Å². The number of pyridine rings is 1. The number of carbonyl (C=O) groups is 1. The van der Waals surface area contributed by atoms with E-state index in [9.17, 15) is 18.0 Å². The number of anilines is 1. The summed E-state index contributed by atoms with van der Waals surface area (Å²) in [4.78, 5) is 18.6. The number of ether oxygens (including phenoxy) is 1. The molecule has 0 saturated carbocycles. The molecule has 1 N–H and O–H groups in total. The highest BCUT2D eigenvalue weighted by molar-refractivity contribution is 7.12. The molecular formula is C13H12F3N3O2S. The van der Waals surface area contributed by atoms with E-state index in [-0.39, 0.29) is 5.82 Å². The number of nitrogens with one attached hydrogen (secondary N) is 1. The Labute approximate surface area is 128 Å². The van der Waals surface area contributed by atoms with Crippen LogP contribution in [0.15, 0.2) is 23.8 Å². The zero-order valence-electron chi connectivity index (χ0n) is 11.5. The lowest BCUT2D eigenvalue weighted by molar-refractivity contribution is -0.141. The third-order valence-corrected chi connectivity index (χ3v) is 3.33. The Balaban J connectivity index is 2.21. The van der Waals surface area contributed by atoms with Gasteiger partial charge in [0.15, 0.2) is 17.3 Å². The van der Waals surface area contributed by atoms with Crippen molar-refractivity contribution < 1.29 is 22.7 Å². The lowest BCUT2D eigenvalue weighted by Crippen LogP contribution is -2.18. The van der Waals surface area contributed by atoms with Gasteiger partial charge >= 0.3 is 6.18 Å². The number of thiazole rings is 1. The number of carbonyl (C=O) groups excluding carboxylic acids is 1. The first kappa shape index (κ1) is 16.2. The molecule has 0 aliphatic carbocycles. The molecule has 2 aromatic rings. The van der Waals surface area contributed by atoms with Crippen LogP contribution in [0.3, 0.4) is 0 Å². The minimum atomic E-state index is -4.68. The maximum absolute atomic E-state index is 12.8. The number of rotatable bonds is 5. The first-order valence-electron chi connectivity index (χ1n) is 6.33. The molecule has 0 aromatic carbocycles. The molecule has 22 heavy (non-hydrogen) atoms. The summed E-state index contributed by atoms with van der Waals surface area (Å²) in [6, 6.07) is 3.18. The lowest BCUT2D eigenvalue weighted by atomic mass is 10.3. The minimum Gasteiger partial charge on any atom is -0.490 e. The molecule has 0 atom stereocenters. The van der Waals surface area contributed by atoms with Gasteiger partial charge in [0.05, 0.1) is 12.1 Å². The van der Waals surface area contributed by atoms with Crippen LogP contribution < -0.4 is 10.1 Å². The van der Waals surface area contributed by atoms with E-state index in [2.05, 4.69) is 15.3 Å². The molecule has 2 aromatic heterocycles. The monoisotopic (exact) mass is 331 g/mol. The van der Waals surface area contributed by atoms with E-state index >= 15 is 0 Å². The highest BCUT2D eigenvalue weighted by Crippen LogP contribution is 2.33. The van der Waals surface area contributed by atoms with E-state index in [0.717, 1.165) is 11.9 Å². The van der Waals surface area contributed by atoms with Crippen molar-refractivity contribution in [2.45, 2.75) is 19.5 Å². The third kappa shape index (κ3) is 3.73. The zero-order chi connectivity index (χ0) is 16.2. The molecule has 0 aliphatic rings. The summed E-state index contributed by atoms with van der Waals surface area (Å²) < 4.78 is 43.6. The predicted molar refractivity (Wildman–Crippen MR) is 75.1 cm³/mol. The van der Waals surface area contributed by atoms with Crippen LogP contribution >= 0.6 is 11.3 Å². The zero-order valence-corrected chi connectivity index (χ0v) is 12.3. The fraction of sp³-hybridized carbons (Fsp3) is 0.308. The molecule has 1 amide bonds. The van der Waals surface area contributed by atoms with E-state index in [1.54, 1.807) is 12.1 Å². The van der Waals surface area contributed by atoms with Crippen LogP contribution in [0.5, 0.6) is 5.75 Å². The highest BCUT2D eigenvalue weighted by atomic mass is 32.1. The van der Waals surface area contributed by atoms with E-state index in [1.807, 2.05) is 6.92 Å². The molecule has 0 radical (unpaired) electrons. The fourth-order valence-corrected chi connectivity index (χ4v) is 2.29. The van der Waals surface area contributed by atoms with Gasteiger partial charge in [-0.25, -0.2) is 9.97 Å². The summed E-state index contributed by atoms with van der Waals surface area (Å²) in [5.74, 6) is -0.548. The van der Waals surface area contributed by atoms with Crippen molar-refractivity contribution in [3.63, 3.8) is 0 Å². The minimum absolute atomic E-state index is 0.0717. The van der Waals surface area contributed by atoms with Gasteiger partial charge in [-0.1, -0.05) is 6.92 Å². The van der Waals surface area contributed by atoms with Gasteiger partial charge in [0, 0.05) is 6.20 Å². The number of hydrogen-bond donors (Lipinski definition) is 1. The quantitative estimate of drug-likeness (QED) is 0.909. The van der Waals surface area contributed by atoms with Crippen LogP contribution in [0.2, 0.25) is 0 Å². The van der Waals surface area contributed by atoms with Crippen molar-refractivity contribution in [1.82, 2.24) is 9.97 Å². The SMILES string of the molecule is CCCOc1cccnc1NC(=O)c1scnc1C(F)(F)F. The van der Waals surface area contributed by atoms with Crippen molar-refractivity contribution in [3.05, 3.63) is 34.4 Å². The highest BCUT2D eigenvalue weighted by Gasteiger charge is 2.38. The van der Waals surface area contributed by atoms with Gasteiger partial charge in [0.25, 0.3) is 5.91 Å². The van der Waals surface area contributed by atoms with Gasteiger partial charge in [-0.15, -0.1) is 11.3 Å². The van der Waals surface area contributed by atoms with Gasteiger partial charge in [-0.2, -0.15) is 13.2 Å². The molecule has 0 aliphatic heterocycles. The van der Waals surface area contributed by atoms with Gasteiger partial charge in [-0.05, 0) is 18.6 Å². The molecule has 0 unspecified atom stereocenters. The molecule has 5 nitrogen and oxygen atoms in total. The Bertz CT molecular complexity index is 658. The summed E-state index contributed by atoms with van der Waals surface area (Å²) in [6.45, 7) is 2.31. The maximum atomic E-state index is 12.8. The standard InChI is InChI=1S/C13H12F3N3O2S/c1-2-6-21-8-4-3-5-17-11(8)19-12(20)9-10(13(14,15)16)18-7-22-9/h3-5,7H,2,6H2,1H3,(H,17,19,20). The van der Waals surface area contributed by atoms with Gasteiger partial charge in [0.1, 0.15) is 4.88 Å². The average Bonchev–Trinajstić information content (AvgIpc) is 2.96. The molecule has 2 rings (SSSR count). The molecule has 0 spiro atoms. The maximum Gasteiger partial charge on any atom is 0.434 e. The molecule has 0 bridgehead atoms. The molecule has 9 heteroatoms. The largest absolute Gasteiger partial charge is 0.490 e. The molecule has 0 fully saturated rings. The first-order chi connectivity index (χ1) is 10.4. The van der Waals surface area contributed by atoms with E-state index in [1.165, 1.54) is 6.20 Å². The van der Waals surface area contributed by atoms with E-state index in [4.69, 9.17) is 4.74 Å². The number of amides is 1. The summed E-state index contributed by atoms with van der Waals surface area (Å²) >= 11 is 0.616. The Morgan fingerprint density at radius 3 is 2.86 bits per heavy atom. The number of hydrogen-bond acceptors (Lipinski definition) is 5. The second-order valence-corrected chi connectivity index (χ2v) is 5.04. The summed E-state index contributed by atoms with van der Waals surface area (Å²) in [5.41, 5.74) is -0.230. The molecule has 0 saturated heterocycles. The fourth-order valence-electron chi connectivity index (χ4n) is 1.59. The lowest BCUT2D eigenvalue weighted by Gasteiger charge is -2.11. The summed E-state index contributed by atoms with van der Waals surface area (Å²) in [7, 11) is 0. The van der Waals surface area contributed by atoms with Crippen molar-refractivity contribution >= 4 is 23.1 Å². The topological polar surface area (TPSA) is 64.1 Å². The second kappa shape index (κ2) is 6.73. The summed E-state index contributed by atoms with van der Waals surface area (Å²) in [6.07, 6.45) is -2.53. The smallest absolute Gasteiger partial charge is 0.434 e. The second-order valence-electron chi connectivity index (χ2n) is 4.18. The number of nitrogens with zero attached hydrogens (tertiary/aromatic N) is 2. The normalized spacial score (nSPS) is 11.3. The van der Waals surface area contributed by atoms with Gasteiger partial charge in [-0.3, -0.25) is 4.79 Å².